The molecule has 0 saturated carbocycles. The zero-order chi connectivity index (χ0) is 12.8. The minimum atomic E-state index is -0.475. The van der Waals surface area contributed by atoms with Crippen molar-refractivity contribution in [3.63, 3.8) is 0 Å². The third kappa shape index (κ3) is 3.94. The van der Waals surface area contributed by atoms with Gasteiger partial charge in [-0.25, -0.2) is 0 Å². The smallest absolute Gasteiger partial charge is 0.276 e. The van der Waals surface area contributed by atoms with Crippen LogP contribution in [-0.4, -0.2) is 17.4 Å². The van der Waals surface area contributed by atoms with E-state index in [0.29, 0.717) is 17.8 Å². The molecule has 0 aliphatic heterocycles. The van der Waals surface area contributed by atoms with Crippen molar-refractivity contribution in [1.82, 2.24) is 5.32 Å². The molecular weight excluding hydrogens is 222 g/mol. The molecule has 1 aromatic rings. The second kappa shape index (κ2) is 5.64. The SMILES string of the molecule is CC(=O)NCC=Cc1cc(N)ccc1[N+](=O)[O-]. The Kier molecular flexibility index (Phi) is 4.21. The predicted molar refractivity (Wildman–Crippen MR) is 65.2 cm³/mol. The van der Waals surface area contributed by atoms with Crippen LogP contribution < -0.4 is 11.1 Å². The number of nitrogens with one attached hydrogen (secondary N) is 1. The first-order valence-corrected chi connectivity index (χ1v) is 4.95. The summed E-state index contributed by atoms with van der Waals surface area (Å²) in [7, 11) is 0. The number of nitro benzene ring substituents is 1. The van der Waals surface area contributed by atoms with Crippen LogP contribution in [0, 0.1) is 10.1 Å². The molecule has 90 valence electrons. The van der Waals surface area contributed by atoms with E-state index in [2.05, 4.69) is 5.32 Å². The molecule has 0 aliphatic rings. The van der Waals surface area contributed by atoms with E-state index in [0.717, 1.165) is 0 Å². The Morgan fingerprint density at radius 1 is 1.59 bits per heavy atom. The third-order valence-electron chi connectivity index (χ3n) is 2.01. The van der Waals surface area contributed by atoms with Gasteiger partial charge < -0.3 is 11.1 Å². The zero-order valence-electron chi connectivity index (χ0n) is 9.34. The van der Waals surface area contributed by atoms with Gasteiger partial charge in [-0.1, -0.05) is 12.2 Å². The van der Waals surface area contributed by atoms with E-state index in [1.54, 1.807) is 12.2 Å². The number of hydrogen-bond donors (Lipinski definition) is 2. The molecular formula is C11H13N3O3. The molecule has 0 atom stereocenters. The van der Waals surface area contributed by atoms with Crippen molar-refractivity contribution in [3.05, 3.63) is 40.0 Å². The number of hydrogen-bond acceptors (Lipinski definition) is 4. The van der Waals surface area contributed by atoms with Gasteiger partial charge in [0, 0.05) is 25.2 Å². The van der Waals surface area contributed by atoms with Gasteiger partial charge in [0.25, 0.3) is 5.69 Å². The van der Waals surface area contributed by atoms with E-state index in [1.807, 2.05) is 0 Å². The topological polar surface area (TPSA) is 98.3 Å². The molecule has 0 aromatic heterocycles. The lowest BCUT2D eigenvalue weighted by Crippen LogP contribution is -2.19. The van der Waals surface area contributed by atoms with Gasteiger partial charge >= 0.3 is 0 Å². The highest BCUT2D eigenvalue weighted by molar-refractivity contribution is 5.73. The second-order valence-electron chi connectivity index (χ2n) is 3.41. The number of amides is 1. The van der Waals surface area contributed by atoms with E-state index in [1.165, 1.54) is 25.1 Å². The highest BCUT2D eigenvalue weighted by Gasteiger charge is 2.10. The van der Waals surface area contributed by atoms with Gasteiger partial charge in [-0.3, -0.25) is 14.9 Å². The molecule has 1 rings (SSSR count). The molecule has 1 aromatic carbocycles. The lowest BCUT2D eigenvalue weighted by Gasteiger charge is -1.99. The number of rotatable bonds is 4. The largest absolute Gasteiger partial charge is 0.399 e. The summed E-state index contributed by atoms with van der Waals surface area (Å²) in [6, 6.07) is 4.35. The number of anilines is 1. The van der Waals surface area contributed by atoms with Crippen LogP contribution in [0.3, 0.4) is 0 Å². The normalized spacial score (nSPS) is 10.4. The summed E-state index contributed by atoms with van der Waals surface area (Å²) in [5, 5.41) is 13.3. The first kappa shape index (κ1) is 12.7. The van der Waals surface area contributed by atoms with Gasteiger partial charge in [0.05, 0.1) is 10.5 Å². The van der Waals surface area contributed by atoms with Crippen molar-refractivity contribution in [1.29, 1.82) is 0 Å². The summed E-state index contributed by atoms with van der Waals surface area (Å²) in [6.45, 7) is 1.72. The Hall–Kier alpha value is -2.37. The van der Waals surface area contributed by atoms with Crippen LogP contribution in [0.5, 0.6) is 0 Å². The third-order valence-corrected chi connectivity index (χ3v) is 2.01. The van der Waals surface area contributed by atoms with Crippen LogP contribution in [-0.2, 0) is 4.79 Å². The molecule has 0 fully saturated rings. The molecule has 0 spiro atoms. The Balaban J connectivity index is 2.85. The molecule has 0 bridgehead atoms. The van der Waals surface area contributed by atoms with Gasteiger partial charge in [0.1, 0.15) is 0 Å². The van der Waals surface area contributed by atoms with Crippen molar-refractivity contribution in [3.8, 4) is 0 Å². The molecule has 0 radical (unpaired) electrons. The maximum Gasteiger partial charge on any atom is 0.276 e. The number of carbonyl (C=O) groups excluding carboxylic acids is 1. The average Bonchev–Trinajstić information content (AvgIpc) is 2.23. The van der Waals surface area contributed by atoms with Crippen molar-refractivity contribution < 1.29 is 9.72 Å². The summed E-state index contributed by atoms with van der Waals surface area (Å²) in [6.07, 6.45) is 3.19. The number of benzene rings is 1. The highest BCUT2D eigenvalue weighted by Crippen LogP contribution is 2.22. The Labute approximate surface area is 98.3 Å². The predicted octanol–water partition coefficient (Wildman–Crippen LogP) is 1.33. The highest BCUT2D eigenvalue weighted by atomic mass is 16.6. The first-order valence-electron chi connectivity index (χ1n) is 4.95. The van der Waals surface area contributed by atoms with Crippen molar-refractivity contribution >= 4 is 23.4 Å². The Morgan fingerprint density at radius 3 is 2.88 bits per heavy atom. The fourth-order valence-corrected chi connectivity index (χ4v) is 1.26. The van der Waals surface area contributed by atoms with E-state index in [9.17, 15) is 14.9 Å². The molecule has 1 amide bonds. The molecule has 0 heterocycles. The minimum Gasteiger partial charge on any atom is -0.399 e. The van der Waals surface area contributed by atoms with Crippen molar-refractivity contribution in [2.24, 2.45) is 0 Å². The fourth-order valence-electron chi connectivity index (χ4n) is 1.26. The summed E-state index contributed by atoms with van der Waals surface area (Å²) >= 11 is 0. The summed E-state index contributed by atoms with van der Waals surface area (Å²) < 4.78 is 0. The maximum absolute atomic E-state index is 10.7. The van der Waals surface area contributed by atoms with Crippen LogP contribution in [0.15, 0.2) is 24.3 Å². The second-order valence-corrected chi connectivity index (χ2v) is 3.41. The van der Waals surface area contributed by atoms with Crippen molar-refractivity contribution in [2.45, 2.75) is 6.92 Å². The number of nitrogen functional groups attached to an aromatic ring is 1. The number of nitro groups is 1. The van der Waals surface area contributed by atoms with Gasteiger partial charge in [-0.05, 0) is 12.1 Å². The quantitative estimate of drug-likeness (QED) is 0.467. The Morgan fingerprint density at radius 2 is 2.29 bits per heavy atom. The summed E-state index contributed by atoms with van der Waals surface area (Å²) in [5.41, 5.74) is 6.41. The number of nitrogens with zero attached hydrogens (tertiary/aromatic N) is 1. The van der Waals surface area contributed by atoms with Crippen LogP contribution in [0.4, 0.5) is 11.4 Å². The molecule has 6 heteroatoms. The zero-order valence-corrected chi connectivity index (χ0v) is 9.34. The minimum absolute atomic E-state index is 0.0155. The van der Waals surface area contributed by atoms with Gasteiger partial charge in [-0.15, -0.1) is 0 Å². The molecule has 17 heavy (non-hydrogen) atoms. The van der Waals surface area contributed by atoms with Crippen molar-refractivity contribution in [2.75, 3.05) is 12.3 Å². The van der Waals surface area contributed by atoms with Crippen LogP contribution in [0.1, 0.15) is 12.5 Å². The number of nitrogens with two attached hydrogens (primary N) is 1. The Bertz CT molecular complexity index is 469. The van der Waals surface area contributed by atoms with Gasteiger partial charge in [-0.2, -0.15) is 0 Å². The molecule has 3 N–H and O–H groups in total. The van der Waals surface area contributed by atoms with Gasteiger partial charge in [0.2, 0.25) is 5.91 Å². The van der Waals surface area contributed by atoms with Crippen LogP contribution >= 0.6 is 0 Å². The standard InChI is InChI=1S/C11H13N3O3/c1-8(15)13-6-2-3-9-7-10(12)4-5-11(9)14(16)17/h2-5,7H,6,12H2,1H3,(H,13,15). The fraction of sp³-hybridized carbons (Fsp3) is 0.182. The monoisotopic (exact) mass is 235 g/mol. The molecule has 0 saturated heterocycles. The molecule has 6 nitrogen and oxygen atoms in total. The van der Waals surface area contributed by atoms with Gasteiger partial charge in [0.15, 0.2) is 0 Å². The van der Waals surface area contributed by atoms with Crippen LogP contribution in [0.25, 0.3) is 6.08 Å². The average molecular weight is 235 g/mol. The van der Waals surface area contributed by atoms with E-state index < -0.39 is 4.92 Å². The summed E-state index contributed by atoms with van der Waals surface area (Å²) in [5.74, 6) is -0.156. The van der Waals surface area contributed by atoms with Crippen LogP contribution in [0.2, 0.25) is 0 Å². The maximum atomic E-state index is 10.7. The lowest BCUT2D eigenvalue weighted by molar-refractivity contribution is -0.385. The lowest BCUT2D eigenvalue weighted by atomic mass is 10.1. The first-order chi connectivity index (χ1) is 8.00. The number of carbonyl (C=O) groups is 1. The summed E-state index contributed by atoms with van der Waals surface area (Å²) in [4.78, 5) is 20.9. The molecule has 0 aliphatic carbocycles. The van der Waals surface area contributed by atoms with E-state index in [4.69, 9.17) is 5.73 Å². The van der Waals surface area contributed by atoms with E-state index in [-0.39, 0.29) is 11.6 Å². The molecule has 0 unspecified atom stereocenters. The van der Waals surface area contributed by atoms with E-state index >= 15 is 0 Å².